The van der Waals surface area contributed by atoms with Gasteiger partial charge in [0.25, 0.3) is 5.56 Å². The summed E-state index contributed by atoms with van der Waals surface area (Å²) in [5.74, 6) is 1.53. The van der Waals surface area contributed by atoms with Crippen LogP contribution in [0.2, 0.25) is 0 Å². The SMILES string of the molecule is CCc1cc(=O)[nH]c(-c2ccc(N3CCN(S(=O)(=O)c4c(C)noc4C)CC3)nc2)n1. The first-order chi connectivity index (χ1) is 14.8. The van der Waals surface area contributed by atoms with E-state index in [1.54, 1.807) is 20.0 Å². The highest BCUT2D eigenvalue weighted by atomic mass is 32.2. The topological polar surface area (TPSA) is 125 Å². The Morgan fingerprint density at radius 3 is 2.48 bits per heavy atom. The van der Waals surface area contributed by atoms with E-state index in [0.717, 1.165) is 17.1 Å². The number of aromatic amines is 1. The summed E-state index contributed by atoms with van der Waals surface area (Å²) >= 11 is 0. The number of hydrogen-bond acceptors (Lipinski definition) is 8. The van der Waals surface area contributed by atoms with Crippen molar-refractivity contribution in [3.63, 3.8) is 0 Å². The van der Waals surface area contributed by atoms with Gasteiger partial charge in [-0.25, -0.2) is 18.4 Å². The number of H-pyrrole nitrogens is 1. The van der Waals surface area contributed by atoms with Crippen LogP contribution in [0.15, 0.2) is 38.6 Å². The lowest BCUT2D eigenvalue weighted by molar-refractivity contribution is 0.378. The van der Waals surface area contributed by atoms with Crippen molar-refractivity contribution in [2.45, 2.75) is 32.1 Å². The van der Waals surface area contributed by atoms with Gasteiger partial charge in [-0.1, -0.05) is 12.1 Å². The molecule has 0 unspecified atom stereocenters. The first-order valence-corrected chi connectivity index (χ1v) is 11.5. The minimum Gasteiger partial charge on any atom is -0.360 e. The van der Waals surface area contributed by atoms with Crippen LogP contribution < -0.4 is 10.5 Å². The lowest BCUT2D eigenvalue weighted by Gasteiger charge is -2.34. The van der Waals surface area contributed by atoms with Crippen molar-refractivity contribution < 1.29 is 12.9 Å². The van der Waals surface area contributed by atoms with Crippen molar-refractivity contribution in [2.75, 3.05) is 31.1 Å². The molecule has 0 radical (unpaired) electrons. The molecule has 3 aromatic rings. The summed E-state index contributed by atoms with van der Waals surface area (Å²) in [6.45, 7) is 6.87. The number of pyridine rings is 1. The molecular weight excluding hydrogens is 420 g/mol. The van der Waals surface area contributed by atoms with Crippen LogP contribution in [-0.2, 0) is 16.4 Å². The molecule has 0 amide bonds. The first kappa shape index (κ1) is 21.2. The molecule has 0 saturated carbocycles. The summed E-state index contributed by atoms with van der Waals surface area (Å²) < 4.78 is 32.4. The van der Waals surface area contributed by atoms with E-state index in [4.69, 9.17) is 4.52 Å². The Kier molecular flexibility index (Phi) is 5.63. The lowest BCUT2D eigenvalue weighted by atomic mass is 10.2. The van der Waals surface area contributed by atoms with Crippen molar-refractivity contribution in [3.8, 4) is 11.4 Å². The highest BCUT2D eigenvalue weighted by Gasteiger charge is 2.33. The average Bonchev–Trinajstić information content (AvgIpc) is 3.12. The molecule has 164 valence electrons. The number of anilines is 1. The minimum atomic E-state index is -3.65. The van der Waals surface area contributed by atoms with Crippen LogP contribution in [0.5, 0.6) is 0 Å². The molecule has 0 bridgehead atoms. The largest absolute Gasteiger partial charge is 0.360 e. The number of nitrogens with one attached hydrogen (secondary N) is 1. The highest BCUT2D eigenvalue weighted by molar-refractivity contribution is 7.89. The van der Waals surface area contributed by atoms with Crippen molar-refractivity contribution >= 4 is 15.8 Å². The van der Waals surface area contributed by atoms with E-state index >= 15 is 0 Å². The van der Waals surface area contributed by atoms with Crippen LogP contribution in [0.25, 0.3) is 11.4 Å². The molecule has 10 nitrogen and oxygen atoms in total. The molecule has 31 heavy (non-hydrogen) atoms. The number of rotatable bonds is 5. The van der Waals surface area contributed by atoms with Gasteiger partial charge in [0, 0.05) is 49.7 Å². The van der Waals surface area contributed by atoms with Crippen molar-refractivity contribution in [1.82, 2.24) is 24.4 Å². The van der Waals surface area contributed by atoms with Gasteiger partial charge in [-0.2, -0.15) is 4.31 Å². The molecule has 11 heteroatoms. The average molecular weight is 445 g/mol. The molecule has 3 aromatic heterocycles. The Morgan fingerprint density at radius 2 is 1.90 bits per heavy atom. The molecule has 1 saturated heterocycles. The molecule has 0 atom stereocenters. The van der Waals surface area contributed by atoms with E-state index in [-0.39, 0.29) is 10.5 Å². The molecule has 1 aliphatic heterocycles. The van der Waals surface area contributed by atoms with Gasteiger partial charge in [0.2, 0.25) is 10.0 Å². The standard InChI is InChI=1S/C20H24N6O4S/c1-4-16-11-18(27)23-20(22-16)15-5-6-17(21-12-15)25-7-9-26(10-8-25)31(28,29)19-13(2)24-30-14(19)3/h5-6,11-12H,4,7-10H2,1-3H3,(H,22,23,27). The Morgan fingerprint density at radius 1 is 1.16 bits per heavy atom. The number of hydrogen-bond donors (Lipinski definition) is 1. The maximum atomic E-state index is 13.0. The van der Waals surface area contributed by atoms with Crippen LogP contribution in [0.1, 0.15) is 24.1 Å². The second-order valence-electron chi connectivity index (χ2n) is 7.39. The highest BCUT2D eigenvalue weighted by Crippen LogP contribution is 2.25. The zero-order valence-corrected chi connectivity index (χ0v) is 18.4. The van der Waals surface area contributed by atoms with Gasteiger partial charge in [-0.05, 0) is 32.4 Å². The minimum absolute atomic E-state index is 0.152. The Bertz CT molecular complexity index is 1220. The monoisotopic (exact) mass is 444 g/mol. The molecule has 4 heterocycles. The van der Waals surface area contributed by atoms with Gasteiger partial charge in [-0.3, -0.25) is 4.79 Å². The zero-order chi connectivity index (χ0) is 22.2. The van der Waals surface area contributed by atoms with Crippen LogP contribution >= 0.6 is 0 Å². The summed E-state index contributed by atoms with van der Waals surface area (Å²) in [5, 5.41) is 3.76. The summed E-state index contributed by atoms with van der Waals surface area (Å²) in [6, 6.07) is 5.20. The fraction of sp³-hybridized carbons (Fsp3) is 0.400. The molecular formula is C20H24N6O4S. The normalized spacial score (nSPS) is 15.4. The van der Waals surface area contributed by atoms with Crippen LogP contribution in [0, 0.1) is 13.8 Å². The quantitative estimate of drug-likeness (QED) is 0.628. The molecule has 0 spiro atoms. The summed E-state index contributed by atoms with van der Waals surface area (Å²) in [6.07, 6.45) is 2.34. The van der Waals surface area contributed by atoms with Gasteiger partial charge in [0.05, 0.1) is 0 Å². The number of aromatic nitrogens is 4. The third kappa shape index (κ3) is 4.10. The summed E-state index contributed by atoms with van der Waals surface area (Å²) in [4.78, 5) is 25.7. The van der Waals surface area contributed by atoms with Gasteiger partial charge < -0.3 is 14.4 Å². The summed E-state index contributed by atoms with van der Waals surface area (Å²) in [7, 11) is -3.65. The number of nitrogens with zero attached hydrogens (tertiary/aromatic N) is 5. The molecule has 4 rings (SSSR count). The van der Waals surface area contributed by atoms with E-state index < -0.39 is 10.0 Å². The predicted molar refractivity (Wildman–Crippen MR) is 114 cm³/mol. The smallest absolute Gasteiger partial charge is 0.251 e. The van der Waals surface area contributed by atoms with E-state index in [9.17, 15) is 13.2 Å². The zero-order valence-electron chi connectivity index (χ0n) is 17.6. The Balaban J connectivity index is 1.47. The Hall–Kier alpha value is -3.05. The van der Waals surface area contributed by atoms with Crippen molar-refractivity contribution in [3.05, 3.63) is 51.9 Å². The summed E-state index contributed by atoms with van der Waals surface area (Å²) in [5.41, 5.74) is 1.62. The molecule has 1 aliphatic rings. The van der Waals surface area contributed by atoms with Crippen LogP contribution in [0.3, 0.4) is 0 Å². The van der Waals surface area contributed by atoms with Crippen molar-refractivity contribution in [2.24, 2.45) is 0 Å². The fourth-order valence-electron chi connectivity index (χ4n) is 3.67. The van der Waals surface area contributed by atoms with E-state index in [2.05, 4.69) is 20.1 Å². The fourth-order valence-corrected chi connectivity index (χ4v) is 5.38. The van der Waals surface area contributed by atoms with Gasteiger partial charge in [0.15, 0.2) is 5.76 Å². The first-order valence-electron chi connectivity index (χ1n) is 10.0. The number of piperazine rings is 1. The van der Waals surface area contributed by atoms with E-state index in [0.29, 0.717) is 49.9 Å². The van der Waals surface area contributed by atoms with Crippen molar-refractivity contribution in [1.29, 1.82) is 0 Å². The van der Waals surface area contributed by atoms with Crippen LogP contribution in [-0.4, -0.2) is 59.0 Å². The second kappa shape index (κ2) is 8.23. The third-order valence-corrected chi connectivity index (χ3v) is 7.45. The molecule has 1 N–H and O–H groups in total. The molecule has 1 fully saturated rings. The number of sulfonamides is 1. The second-order valence-corrected chi connectivity index (χ2v) is 9.26. The number of aryl methyl sites for hydroxylation is 3. The molecule has 0 aliphatic carbocycles. The molecule has 0 aromatic carbocycles. The van der Waals surface area contributed by atoms with Gasteiger partial charge in [0.1, 0.15) is 22.2 Å². The van der Waals surface area contributed by atoms with Crippen LogP contribution in [0.4, 0.5) is 5.82 Å². The third-order valence-electron chi connectivity index (χ3n) is 5.31. The van der Waals surface area contributed by atoms with Gasteiger partial charge in [-0.15, -0.1) is 0 Å². The maximum absolute atomic E-state index is 13.0. The van der Waals surface area contributed by atoms with E-state index in [1.807, 2.05) is 24.0 Å². The predicted octanol–water partition coefficient (Wildman–Crippen LogP) is 1.51. The van der Waals surface area contributed by atoms with Gasteiger partial charge >= 0.3 is 0 Å². The Labute approximate surface area is 180 Å². The van der Waals surface area contributed by atoms with E-state index in [1.165, 1.54) is 10.4 Å². The maximum Gasteiger partial charge on any atom is 0.251 e. The lowest BCUT2D eigenvalue weighted by Crippen LogP contribution is -2.49.